The van der Waals surface area contributed by atoms with Gasteiger partial charge in [0.1, 0.15) is 6.61 Å². The van der Waals surface area contributed by atoms with E-state index in [1.165, 1.54) is 7.11 Å². The van der Waals surface area contributed by atoms with Gasteiger partial charge in [-0.05, 0) is 24.6 Å². The first kappa shape index (κ1) is 19.7. The standard InChI is InChI=1S/C19H24N4O5/c1-11-13(9-23(2)22-11)8-20-19(25)18-17(21-16(24)10-28-18)12-5-6-14(26-3)15(7-12)27-4/h5-7,9,17-18H,8,10H2,1-4H3,(H,20,25)(H,21,24)/t17-,18+/m1/s1. The van der Waals surface area contributed by atoms with Crippen LogP contribution in [-0.2, 0) is 27.9 Å². The van der Waals surface area contributed by atoms with E-state index in [4.69, 9.17) is 14.2 Å². The number of aromatic nitrogens is 2. The molecule has 2 aromatic rings. The van der Waals surface area contributed by atoms with Crippen LogP contribution in [0.5, 0.6) is 11.5 Å². The van der Waals surface area contributed by atoms with Gasteiger partial charge in [-0.3, -0.25) is 14.3 Å². The molecule has 2 N–H and O–H groups in total. The monoisotopic (exact) mass is 388 g/mol. The summed E-state index contributed by atoms with van der Waals surface area (Å²) in [6.07, 6.45) is 0.984. The second-order valence-electron chi connectivity index (χ2n) is 6.52. The maximum atomic E-state index is 12.8. The molecule has 9 heteroatoms. The molecule has 1 aliphatic rings. The van der Waals surface area contributed by atoms with Crippen LogP contribution >= 0.6 is 0 Å². The van der Waals surface area contributed by atoms with Gasteiger partial charge in [-0.2, -0.15) is 5.10 Å². The van der Waals surface area contributed by atoms with Crippen molar-refractivity contribution in [1.82, 2.24) is 20.4 Å². The summed E-state index contributed by atoms with van der Waals surface area (Å²) in [5, 5.41) is 9.95. The molecule has 150 valence electrons. The summed E-state index contributed by atoms with van der Waals surface area (Å²) in [5.41, 5.74) is 2.44. The molecule has 1 aromatic heterocycles. The van der Waals surface area contributed by atoms with Crippen molar-refractivity contribution in [1.29, 1.82) is 0 Å². The van der Waals surface area contributed by atoms with Crippen LogP contribution in [0.1, 0.15) is 22.9 Å². The number of amides is 2. The Labute approximate surface area is 163 Å². The normalized spacial score (nSPS) is 19.1. The van der Waals surface area contributed by atoms with Gasteiger partial charge in [0.05, 0.1) is 26.0 Å². The van der Waals surface area contributed by atoms with Crippen LogP contribution in [0, 0.1) is 6.92 Å². The molecule has 0 radical (unpaired) electrons. The predicted molar refractivity (Wildman–Crippen MR) is 100.0 cm³/mol. The summed E-state index contributed by atoms with van der Waals surface area (Å²) in [4.78, 5) is 24.7. The predicted octanol–water partition coefficient (Wildman–Crippen LogP) is 0.618. The summed E-state index contributed by atoms with van der Waals surface area (Å²) in [7, 11) is 4.89. The van der Waals surface area contributed by atoms with Gasteiger partial charge >= 0.3 is 0 Å². The van der Waals surface area contributed by atoms with E-state index in [0.29, 0.717) is 23.6 Å². The number of morpholine rings is 1. The number of carbonyl (C=O) groups excluding carboxylic acids is 2. The molecule has 1 saturated heterocycles. The fraction of sp³-hybridized carbons (Fsp3) is 0.421. The van der Waals surface area contributed by atoms with E-state index >= 15 is 0 Å². The fourth-order valence-electron chi connectivity index (χ4n) is 3.19. The minimum absolute atomic E-state index is 0.173. The summed E-state index contributed by atoms with van der Waals surface area (Å²) in [6, 6.07) is 4.58. The quantitative estimate of drug-likeness (QED) is 0.752. The molecule has 28 heavy (non-hydrogen) atoms. The summed E-state index contributed by atoms with van der Waals surface area (Å²) in [5.74, 6) is 0.460. The van der Waals surface area contributed by atoms with Gasteiger partial charge in [0.15, 0.2) is 17.6 Å². The highest BCUT2D eigenvalue weighted by Crippen LogP contribution is 2.32. The average molecular weight is 388 g/mol. The third-order valence-corrected chi connectivity index (χ3v) is 4.61. The van der Waals surface area contributed by atoms with Gasteiger partial charge in [-0.15, -0.1) is 0 Å². The molecule has 9 nitrogen and oxygen atoms in total. The molecule has 2 amide bonds. The van der Waals surface area contributed by atoms with Crippen molar-refractivity contribution in [3.63, 3.8) is 0 Å². The van der Waals surface area contributed by atoms with Gasteiger partial charge in [-0.25, -0.2) is 0 Å². The smallest absolute Gasteiger partial charge is 0.251 e. The number of hydrogen-bond donors (Lipinski definition) is 2. The lowest BCUT2D eigenvalue weighted by Crippen LogP contribution is -2.52. The van der Waals surface area contributed by atoms with E-state index < -0.39 is 12.1 Å². The van der Waals surface area contributed by atoms with Crippen LogP contribution in [0.25, 0.3) is 0 Å². The lowest BCUT2D eigenvalue weighted by molar-refractivity contribution is -0.148. The largest absolute Gasteiger partial charge is 0.493 e. The lowest BCUT2D eigenvalue weighted by Gasteiger charge is -2.32. The van der Waals surface area contributed by atoms with Crippen molar-refractivity contribution in [3.05, 3.63) is 41.2 Å². The first-order valence-electron chi connectivity index (χ1n) is 8.82. The minimum atomic E-state index is -0.868. The number of hydrogen-bond acceptors (Lipinski definition) is 6. The second-order valence-corrected chi connectivity index (χ2v) is 6.52. The van der Waals surface area contributed by atoms with Gasteiger partial charge < -0.3 is 24.8 Å². The molecule has 0 bridgehead atoms. The van der Waals surface area contributed by atoms with Crippen molar-refractivity contribution in [2.45, 2.75) is 25.6 Å². The van der Waals surface area contributed by atoms with Gasteiger partial charge in [-0.1, -0.05) is 6.07 Å². The maximum absolute atomic E-state index is 12.8. The highest BCUT2D eigenvalue weighted by atomic mass is 16.5. The van der Waals surface area contributed by atoms with E-state index in [1.54, 1.807) is 30.0 Å². The number of benzene rings is 1. The number of aryl methyl sites for hydroxylation is 2. The molecular formula is C19H24N4O5. The zero-order chi connectivity index (χ0) is 20.3. The van der Waals surface area contributed by atoms with Gasteiger partial charge in [0.2, 0.25) is 5.91 Å². The Hall–Kier alpha value is -3.07. The van der Waals surface area contributed by atoms with Crippen LogP contribution in [0.15, 0.2) is 24.4 Å². The molecule has 0 saturated carbocycles. The zero-order valence-electron chi connectivity index (χ0n) is 16.3. The SMILES string of the molecule is COc1ccc([C@H]2NC(=O)CO[C@@H]2C(=O)NCc2cn(C)nc2C)cc1OC. The van der Waals surface area contributed by atoms with Crippen LogP contribution in [-0.4, -0.2) is 48.5 Å². The fourth-order valence-corrected chi connectivity index (χ4v) is 3.19. The second kappa shape index (κ2) is 8.30. The maximum Gasteiger partial charge on any atom is 0.251 e. The first-order chi connectivity index (χ1) is 13.4. The Morgan fingerprint density at radius 1 is 1.36 bits per heavy atom. The van der Waals surface area contributed by atoms with Crippen LogP contribution in [0.3, 0.4) is 0 Å². The Bertz CT molecular complexity index is 879. The van der Waals surface area contributed by atoms with E-state index in [2.05, 4.69) is 15.7 Å². The average Bonchev–Trinajstić information content (AvgIpc) is 3.02. The number of methoxy groups -OCH3 is 2. The van der Waals surface area contributed by atoms with Crippen molar-refractivity contribution in [3.8, 4) is 11.5 Å². The van der Waals surface area contributed by atoms with Gasteiger partial charge in [0, 0.05) is 25.4 Å². The number of ether oxygens (including phenoxy) is 3. The lowest BCUT2D eigenvalue weighted by atomic mass is 9.98. The van der Waals surface area contributed by atoms with Crippen molar-refractivity contribution in [2.24, 2.45) is 7.05 Å². The first-order valence-corrected chi connectivity index (χ1v) is 8.82. The molecule has 2 atom stereocenters. The number of rotatable bonds is 6. The Kier molecular flexibility index (Phi) is 5.84. The topological polar surface area (TPSA) is 104 Å². The molecule has 0 spiro atoms. The zero-order valence-corrected chi connectivity index (χ0v) is 16.3. The summed E-state index contributed by atoms with van der Waals surface area (Å²) < 4.78 is 17.8. The third kappa shape index (κ3) is 4.09. The van der Waals surface area contributed by atoms with Crippen molar-refractivity contribution in [2.75, 3.05) is 20.8 Å². The molecule has 0 aliphatic carbocycles. The van der Waals surface area contributed by atoms with Crippen LogP contribution < -0.4 is 20.1 Å². The van der Waals surface area contributed by atoms with Crippen LogP contribution in [0.2, 0.25) is 0 Å². The Balaban J connectivity index is 1.79. The molecule has 1 fully saturated rings. The highest BCUT2D eigenvalue weighted by molar-refractivity contribution is 5.86. The Morgan fingerprint density at radius 2 is 2.11 bits per heavy atom. The van der Waals surface area contributed by atoms with E-state index in [9.17, 15) is 9.59 Å². The van der Waals surface area contributed by atoms with E-state index in [1.807, 2.05) is 20.2 Å². The number of nitrogens with one attached hydrogen (secondary N) is 2. The van der Waals surface area contributed by atoms with E-state index in [-0.39, 0.29) is 18.4 Å². The summed E-state index contributed by atoms with van der Waals surface area (Å²) >= 11 is 0. The Morgan fingerprint density at radius 3 is 2.75 bits per heavy atom. The molecule has 1 aromatic carbocycles. The molecule has 3 rings (SSSR count). The highest BCUT2D eigenvalue weighted by Gasteiger charge is 2.36. The van der Waals surface area contributed by atoms with Crippen molar-refractivity contribution >= 4 is 11.8 Å². The molecule has 2 heterocycles. The van der Waals surface area contributed by atoms with Crippen molar-refractivity contribution < 1.29 is 23.8 Å². The van der Waals surface area contributed by atoms with E-state index in [0.717, 1.165) is 11.3 Å². The van der Waals surface area contributed by atoms with Gasteiger partial charge in [0.25, 0.3) is 5.91 Å². The molecule has 1 aliphatic heterocycles. The van der Waals surface area contributed by atoms with Crippen LogP contribution in [0.4, 0.5) is 0 Å². The minimum Gasteiger partial charge on any atom is -0.493 e. The molecular weight excluding hydrogens is 364 g/mol. The molecule has 0 unspecified atom stereocenters. The number of nitrogens with zero attached hydrogens (tertiary/aromatic N) is 2. The number of carbonyl (C=O) groups is 2. The third-order valence-electron chi connectivity index (χ3n) is 4.61. The summed E-state index contributed by atoms with van der Waals surface area (Å²) in [6.45, 7) is 2.03.